The van der Waals surface area contributed by atoms with Gasteiger partial charge in [0.25, 0.3) is 0 Å². The van der Waals surface area contributed by atoms with Crippen molar-refractivity contribution >= 4 is 45.5 Å². The van der Waals surface area contributed by atoms with Gasteiger partial charge in [-0.25, -0.2) is 9.59 Å². The first kappa shape index (κ1) is 19.2. The molecular formula is C17H18BrNO6S. The van der Waals surface area contributed by atoms with E-state index in [1.165, 1.54) is 16.7 Å². The topological polar surface area (TPSA) is 104 Å². The highest BCUT2D eigenvalue weighted by Gasteiger charge is 2.74. The van der Waals surface area contributed by atoms with Gasteiger partial charge >= 0.3 is 11.9 Å². The van der Waals surface area contributed by atoms with Gasteiger partial charge in [-0.15, -0.1) is 11.8 Å². The number of nitrogens with zero attached hydrogens (tertiary/aromatic N) is 1. The zero-order valence-electron chi connectivity index (χ0n) is 14.1. The first-order valence-corrected chi connectivity index (χ1v) is 9.59. The van der Waals surface area contributed by atoms with Gasteiger partial charge in [-0.2, -0.15) is 0 Å². The van der Waals surface area contributed by atoms with E-state index in [0.29, 0.717) is 0 Å². The molecule has 2 unspecified atom stereocenters. The number of thioether (sulfide) groups is 1. The van der Waals surface area contributed by atoms with Crippen LogP contribution in [0.2, 0.25) is 0 Å². The van der Waals surface area contributed by atoms with Crippen LogP contribution in [0.15, 0.2) is 30.3 Å². The summed E-state index contributed by atoms with van der Waals surface area (Å²) in [4.78, 5) is 37.6. The van der Waals surface area contributed by atoms with Crippen LogP contribution >= 0.6 is 27.7 Å². The standard InChI is InChI=1S/C17H18BrNO6S/c1-16(2)10(12(21)22)19-14(24)17(18,15(19)26-16)11(20)13(23)25-8-9-6-4-3-5-7-9/h3-7,10-11,15,20H,8H2,1-2H3,(H,21,22)/t10-,11?,15+,17?/m0/s1. The molecule has 9 heteroatoms. The molecule has 2 heterocycles. The Morgan fingerprint density at radius 1 is 1.35 bits per heavy atom. The highest BCUT2D eigenvalue weighted by molar-refractivity contribution is 9.10. The summed E-state index contributed by atoms with van der Waals surface area (Å²) in [6.07, 6.45) is -1.74. The van der Waals surface area contributed by atoms with E-state index in [4.69, 9.17) is 4.74 Å². The van der Waals surface area contributed by atoms with Crippen molar-refractivity contribution in [2.45, 2.75) is 47.0 Å². The Kier molecular flexibility index (Phi) is 4.83. The monoisotopic (exact) mass is 443 g/mol. The Balaban J connectivity index is 1.73. The Morgan fingerprint density at radius 2 is 1.96 bits per heavy atom. The number of benzene rings is 1. The Labute approximate surface area is 162 Å². The minimum Gasteiger partial charge on any atom is -0.480 e. The summed E-state index contributed by atoms with van der Waals surface area (Å²) >= 11 is 4.44. The number of amides is 1. The van der Waals surface area contributed by atoms with Crippen LogP contribution < -0.4 is 0 Å². The maximum atomic E-state index is 12.6. The van der Waals surface area contributed by atoms with Crippen LogP contribution in [0.1, 0.15) is 19.4 Å². The molecule has 1 amide bonds. The number of esters is 1. The van der Waals surface area contributed by atoms with Crippen LogP contribution in [0.25, 0.3) is 0 Å². The number of carboxylic acids is 1. The van der Waals surface area contributed by atoms with Crippen LogP contribution in [0.3, 0.4) is 0 Å². The number of alkyl halides is 1. The van der Waals surface area contributed by atoms with Gasteiger partial charge < -0.3 is 19.8 Å². The van der Waals surface area contributed by atoms with Gasteiger partial charge in [0, 0.05) is 4.75 Å². The van der Waals surface area contributed by atoms with Crippen LogP contribution in [0, 0.1) is 0 Å². The van der Waals surface area contributed by atoms with Gasteiger partial charge in [0.05, 0.1) is 0 Å². The van der Waals surface area contributed by atoms with E-state index in [2.05, 4.69) is 15.9 Å². The van der Waals surface area contributed by atoms with E-state index in [1.54, 1.807) is 38.1 Å². The predicted octanol–water partition coefficient (Wildman–Crippen LogP) is 1.37. The second-order valence-electron chi connectivity index (χ2n) is 6.79. The molecule has 0 bridgehead atoms. The quantitative estimate of drug-likeness (QED) is 0.402. The molecule has 0 radical (unpaired) electrons. The highest BCUT2D eigenvalue weighted by atomic mass is 79.9. The molecule has 2 aliphatic heterocycles. The SMILES string of the molecule is CC1(C)S[C@H]2N(C(=O)C2(Br)C(O)C(=O)OCc2ccccc2)[C@H]1C(=O)O. The second kappa shape index (κ2) is 6.54. The maximum Gasteiger partial charge on any atom is 0.337 e. The average molecular weight is 444 g/mol. The van der Waals surface area contributed by atoms with Crippen molar-refractivity contribution in [2.75, 3.05) is 0 Å². The van der Waals surface area contributed by atoms with Crippen molar-refractivity contribution in [3.63, 3.8) is 0 Å². The third kappa shape index (κ3) is 2.82. The van der Waals surface area contributed by atoms with E-state index in [-0.39, 0.29) is 6.61 Å². The number of aliphatic hydroxyl groups is 1. The Hall–Kier alpha value is -1.58. The summed E-state index contributed by atoms with van der Waals surface area (Å²) in [5, 5.41) is 19.2. The number of hydrogen-bond acceptors (Lipinski definition) is 6. The van der Waals surface area contributed by atoms with Crippen molar-refractivity contribution in [1.82, 2.24) is 4.90 Å². The maximum absolute atomic E-state index is 12.6. The van der Waals surface area contributed by atoms with Crippen LogP contribution in [-0.2, 0) is 25.7 Å². The molecule has 4 atom stereocenters. The third-order valence-corrected chi connectivity index (χ3v) is 7.77. The lowest BCUT2D eigenvalue weighted by Crippen LogP contribution is -2.75. The largest absolute Gasteiger partial charge is 0.480 e. The fourth-order valence-corrected chi connectivity index (χ4v) is 5.82. The van der Waals surface area contributed by atoms with Crippen molar-refractivity contribution < 1.29 is 29.3 Å². The van der Waals surface area contributed by atoms with Gasteiger partial charge in [-0.05, 0) is 19.4 Å². The number of carbonyl (C=O) groups is 3. The number of hydrogen-bond donors (Lipinski definition) is 2. The van der Waals surface area contributed by atoms with Gasteiger partial charge in [-0.1, -0.05) is 46.3 Å². The molecule has 140 valence electrons. The molecule has 2 fully saturated rings. The molecule has 1 aromatic carbocycles. The van der Waals surface area contributed by atoms with E-state index in [9.17, 15) is 24.6 Å². The van der Waals surface area contributed by atoms with Crippen molar-refractivity contribution in [3.05, 3.63) is 35.9 Å². The number of carboxylic acid groups (broad SMARTS) is 1. The van der Waals surface area contributed by atoms with Crippen LogP contribution in [0.4, 0.5) is 0 Å². The first-order chi connectivity index (χ1) is 12.1. The Bertz CT molecular complexity index is 757. The van der Waals surface area contributed by atoms with Crippen molar-refractivity contribution in [2.24, 2.45) is 0 Å². The third-order valence-electron chi connectivity index (χ3n) is 4.61. The number of halogens is 1. The van der Waals surface area contributed by atoms with Crippen molar-refractivity contribution in [1.29, 1.82) is 0 Å². The van der Waals surface area contributed by atoms with Gasteiger partial charge in [-0.3, -0.25) is 4.79 Å². The highest BCUT2D eigenvalue weighted by Crippen LogP contribution is 2.59. The lowest BCUT2D eigenvalue weighted by Gasteiger charge is -2.50. The normalized spacial score (nSPS) is 30.3. The molecule has 2 saturated heterocycles. The number of ether oxygens (including phenoxy) is 1. The summed E-state index contributed by atoms with van der Waals surface area (Å²) in [7, 11) is 0. The molecule has 3 rings (SSSR count). The van der Waals surface area contributed by atoms with Crippen molar-refractivity contribution in [3.8, 4) is 0 Å². The fraction of sp³-hybridized carbons (Fsp3) is 0.471. The molecule has 0 aliphatic carbocycles. The van der Waals surface area contributed by atoms with E-state index in [1.807, 2.05) is 6.07 Å². The molecule has 2 aliphatic rings. The summed E-state index contributed by atoms with van der Waals surface area (Å²) in [5.74, 6) is -2.68. The summed E-state index contributed by atoms with van der Waals surface area (Å²) in [6.45, 7) is 3.41. The number of aliphatic hydroxyl groups excluding tert-OH is 1. The molecule has 1 aromatic rings. The van der Waals surface area contributed by atoms with Gasteiger partial charge in [0.2, 0.25) is 5.91 Å². The van der Waals surface area contributed by atoms with Crippen LogP contribution in [0.5, 0.6) is 0 Å². The lowest BCUT2D eigenvalue weighted by molar-refractivity contribution is -0.173. The first-order valence-electron chi connectivity index (χ1n) is 7.91. The summed E-state index contributed by atoms with van der Waals surface area (Å²) in [6, 6.07) is 7.93. The fourth-order valence-electron chi connectivity index (χ4n) is 3.28. The number of aliphatic carboxylic acids is 1. The van der Waals surface area contributed by atoms with E-state index in [0.717, 1.165) is 5.56 Å². The molecule has 2 N–H and O–H groups in total. The number of β-lactam (4-membered cyclic amide) rings is 1. The molecule has 0 aromatic heterocycles. The number of fused-ring (bicyclic) bond motifs is 1. The molecule has 26 heavy (non-hydrogen) atoms. The lowest BCUT2D eigenvalue weighted by atomic mass is 9.87. The minimum absolute atomic E-state index is 0.0290. The van der Waals surface area contributed by atoms with Gasteiger partial charge in [0.15, 0.2) is 10.4 Å². The average Bonchev–Trinajstić information content (AvgIpc) is 2.88. The zero-order valence-corrected chi connectivity index (χ0v) is 16.5. The minimum atomic E-state index is -1.74. The number of carbonyl (C=O) groups excluding carboxylic acids is 2. The van der Waals surface area contributed by atoms with E-state index < -0.39 is 44.4 Å². The van der Waals surface area contributed by atoms with E-state index >= 15 is 0 Å². The smallest absolute Gasteiger partial charge is 0.337 e. The Morgan fingerprint density at radius 3 is 2.54 bits per heavy atom. The number of rotatable bonds is 5. The summed E-state index contributed by atoms with van der Waals surface area (Å²) in [5.41, 5.74) is 0.751. The predicted molar refractivity (Wildman–Crippen MR) is 97.6 cm³/mol. The van der Waals surface area contributed by atoms with Crippen LogP contribution in [-0.4, -0.2) is 59.5 Å². The molecule has 0 saturated carbocycles. The molecule has 0 spiro atoms. The molecule has 7 nitrogen and oxygen atoms in total. The summed E-state index contributed by atoms with van der Waals surface area (Å²) < 4.78 is 2.77. The second-order valence-corrected chi connectivity index (χ2v) is 9.84. The van der Waals surface area contributed by atoms with Gasteiger partial charge in [0.1, 0.15) is 18.0 Å². The zero-order chi connectivity index (χ0) is 19.3. The molecular weight excluding hydrogens is 426 g/mol.